The van der Waals surface area contributed by atoms with Crippen molar-refractivity contribution in [1.29, 1.82) is 0 Å². The minimum Gasteiger partial charge on any atom is -0.379 e. The largest absolute Gasteiger partial charge is 0.379 e. The number of methoxy groups -OCH3 is 2. The maximum atomic E-state index is 14.1. The van der Waals surface area contributed by atoms with E-state index in [2.05, 4.69) is 10.6 Å². The van der Waals surface area contributed by atoms with Crippen molar-refractivity contribution in [3.63, 3.8) is 0 Å². The Labute approximate surface area is 311 Å². The van der Waals surface area contributed by atoms with Crippen LogP contribution in [-0.4, -0.2) is 130 Å². The number of nitrogens with zero attached hydrogens (tertiary/aromatic N) is 3. The molecule has 2 rings (SSSR count). The van der Waals surface area contributed by atoms with E-state index in [1.807, 2.05) is 82.8 Å². The summed E-state index contributed by atoms with van der Waals surface area (Å²) >= 11 is 5.99. The van der Waals surface area contributed by atoms with Crippen molar-refractivity contribution in [2.45, 2.75) is 110 Å². The fourth-order valence-corrected chi connectivity index (χ4v) is 7.63. The van der Waals surface area contributed by atoms with Gasteiger partial charge in [0.15, 0.2) is 0 Å². The van der Waals surface area contributed by atoms with Crippen molar-refractivity contribution in [2.75, 3.05) is 55.0 Å². The fraction of sp³-hybridized carbons (Fsp3) is 0.737. The lowest BCUT2D eigenvalue weighted by molar-refractivity contribution is -0.147. The summed E-state index contributed by atoms with van der Waals surface area (Å²) in [6.07, 6.45) is 2.11. The molecule has 0 aliphatic carbocycles. The molecule has 0 unspecified atom stereocenters. The standard InChI is InChI=1S/C38H65ClN6O6/c1-11-25(4)34(44(8)38(49)29(18-20-40)42-37(48)33(24(2)3)43(6)7)31(50-9)23-32(46)45-22-12-13-30(45)35(51-10)26(5)36(47)41-21-19-27-14-16-28(39)17-15-27/h14-17,24-26,29-31,33-35H,11-13,18-23,40H2,1-10H3,(H,41,47)(H,42,48)/t25-,26+,29-,30-,31+,33-,34-,35+/m0/s1. The van der Waals surface area contributed by atoms with Crippen LogP contribution in [0.4, 0.5) is 0 Å². The quantitative estimate of drug-likeness (QED) is 0.174. The number of hydrogen-bond donors (Lipinski definition) is 3. The maximum absolute atomic E-state index is 14.1. The molecule has 0 saturated carbocycles. The molecule has 8 atom stereocenters. The molecule has 0 spiro atoms. The molecule has 0 bridgehead atoms. The van der Waals surface area contributed by atoms with Gasteiger partial charge in [0.1, 0.15) is 6.04 Å². The summed E-state index contributed by atoms with van der Waals surface area (Å²) in [5.74, 6) is -1.23. The Morgan fingerprint density at radius 3 is 2.20 bits per heavy atom. The molecule has 12 nitrogen and oxygen atoms in total. The molecule has 1 heterocycles. The van der Waals surface area contributed by atoms with Crippen LogP contribution >= 0.6 is 11.6 Å². The van der Waals surface area contributed by atoms with E-state index in [9.17, 15) is 19.2 Å². The van der Waals surface area contributed by atoms with Crippen LogP contribution < -0.4 is 16.4 Å². The van der Waals surface area contributed by atoms with Crippen molar-refractivity contribution in [3.8, 4) is 0 Å². The van der Waals surface area contributed by atoms with Gasteiger partial charge in [0.2, 0.25) is 23.6 Å². The van der Waals surface area contributed by atoms with Crippen LogP contribution in [0, 0.1) is 17.8 Å². The lowest BCUT2D eigenvalue weighted by Gasteiger charge is -2.40. The number of likely N-dealkylation sites (N-methyl/N-ethyl adjacent to an activating group) is 2. The van der Waals surface area contributed by atoms with Crippen molar-refractivity contribution in [3.05, 3.63) is 34.9 Å². The molecule has 1 fully saturated rings. The number of benzene rings is 1. The van der Waals surface area contributed by atoms with Gasteiger partial charge in [0.05, 0.1) is 42.7 Å². The highest BCUT2D eigenvalue weighted by Gasteiger charge is 2.42. The first-order chi connectivity index (χ1) is 24.1. The molecule has 4 N–H and O–H groups in total. The van der Waals surface area contributed by atoms with Crippen LogP contribution in [-0.2, 0) is 35.1 Å². The Balaban J connectivity index is 2.20. The van der Waals surface area contributed by atoms with E-state index in [1.165, 1.54) is 0 Å². The summed E-state index contributed by atoms with van der Waals surface area (Å²) in [7, 11) is 8.54. The topological polar surface area (TPSA) is 147 Å². The van der Waals surface area contributed by atoms with Gasteiger partial charge in [0.25, 0.3) is 0 Å². The van der Waals surface area contributed by atoms with Crippen molar-refractivity contribution in [2.24, 2.45) is 23.5 Å². The SMILES string of the molecule is CC[C@H](C)[C@@H]([C@@H](CC(=O)N1CCC[C@H]1[C@H](OC)[C@@H](C)C(=O)NCCc1ccc(Cl)cc1)OC)N(C)C(=O)[C@H](CCN)NC(=O)[C@H](C(C)C)N(C)C. The number of carbonyl (C=O) groups is 4. The zero-order valence-electron chi connectivity index (χ0n) is 32.6. The molecule has 4 amide bonds. The average molecular weight is 737 g/mol. The molecule has 13 heteroatoms. The van der Waals surface area contributed by atoms with Gasteiger partial charge in [-0.3, -0.25) is 24.1 Å². The summed E-state index contributed by atoms with van der Waals surface area (Å²) < 4.78 is 11.9. The summed E-state index contributed by atoms with van der Waals surface area (Å²) in [6.45, 7) is 11.1. The second-order valence-corrected chi connectivity index (χ2v) is 15.0. The van der Waals surface area contributed by atoms with Crippen molar-refractivity contribution < 1.29 is 28.7 Å². The van der Waals surface area contributed by atoms with Crippen LogP contribution in [0.15, 0.2) is 24.3 Å². The molecular formula is C38H65ClN6O6. The van der Waals surface area contributed by atoms with Gasteiger partial charge < -0.3 is 35.6 Å². The minimum atomic E-state index is -0.822. The van der Waals surface area contributed by atoms with E-state index in [4.69, 9.17) is 26.8 Å². The molecule has 1 aliphatic heterocycles. The molecule has 1 aromatic carbocycles. The van der Waals surface area contributed by atoms with Crippen molar-refractivity contribution >= 4 is 35.2 Å². The van der Waals surface area contributed by atoms with E-state index in [-0.39, 0.29) is 60.9 Å². The van der Waals surface area contributed by atoms with Gasteiger partial charge in [-0.15, -0.1) is 0 Å². The highest BCUT2D eigenvalue weighted by molar-refractivity contribution is 6.30. The van der Waals surface area contributed by atoms with E-state index < -0.39 is 36.3 Å². The maximum Gasteiger partial charge on any atom is 0.245 e. The van der Waals surface area contributed by atoms with Crippen molar-refractivity contribution in [1.82, 2.24) is 25.3 Å². The molecular weight excluding hydrogens is 672 g/mol. The molecule has 0 radical (unpaired) electrons. The highest BCUT2D eigenvalue weighted by atomic mass is 35.5. The zero-order valence-corrected chi connectivity index (χ0v) is 33.4. The third kappa shape index (κ3) is 12.4. The lowest BCUT2D eigenvalue weighted by Crippen LogP contribution is -2.58. The van der Waals surface area contributed by atoms with E-state index in [0.717, 1.165) is 18.4 Å². The second kappa shape index (κ2) is 21.7. The number of nitrogens with one attached hydrogen (secondary N) is 2. The Morgan fingerprint density at radius 2 is 1.67 bits per heavy atom. The Kier molecular flexibility index (Phi) is 18.9. The van der Waals surface area contributed by atoms with Gasteiger partial charge in [0, 0.05) is 39.4 Å². The molecule has 51 heavy (non-hydrogen) atoms. The minimum absolute atomic E-state index is 0.0196. The number of rotatable bonds is 21. The molecule has 1 aliphatic rings. The summed E-state index contributed by atoms with van der Waals surface area (Å²) in [5, 5.41) is 6.65. The smallest absolute Gasteiger partial charge is 0.245 e. The van der Waals surface area contributed by atoms with Crippen LogP contribution in [0.1, 0.15) is 72.3 Å². The number of carbonyl (C=O) groups excluding carboxylic acids is 4. The van der Waals surface area contributed by atoms with Gasteiger partial charge in [-0.05, 0) is 75.9 Å². The normalized spacial score (nSPS) is 18.9. The molecule has 1 aromatic rings. The monoisotopic (exact) mass is 736 g/mol. The first-order valence-electron chi connectivity index (χ1n) is 18.4. The Bertz CT molecular complexity index is 1240. The average Bonchev–Trinajstić information content (AvgIpc) is 3.57. The van der Waals surface area contributed by atoms with Crippen LogP contribution in [0.25, 0.3) is 0 Å². The van der Waals surface area contributed by atoms with Crippen LogP contribution in [0.3, 0.4) is 0 Å². The van der Waals surface area contributed by atoms with Gasteiger partial charge in [-0.25, -0.2) is 0 Å². The van der Waals surface area contributed by atoms with E-state index >= 15 is 0 Å². The van der Waals surface area contributed by atoms with E-state index in [0.29, 0.717) is 31.0 Å². The predicted molar refractivity (Wildman–Crippen MR) is 202 cm³/mol. The van der Waals surface area contributed by atoms with Crippen LogP contribution in [0.5, 0.6) is 0 Å². The number of halogens is 1. The molecule has 0 aromatic heterocycles. The Morgan fingerprint density at radius 1 is 1.02 bits per heavy atom. The number of likely N-dealkylation sites (tertiary alicyclic amines) is 1. The second-order valence-electron chi connectivity index (χ2n) is 14.5. The van der Waals surface area contributed by atoms with Gasteiger partial charge in [-0.1, -0.05) is 64.8 Å². The number of hydrogen-bond acceptors (Lipinski definition) is 8. The van der Waals surface area contributed by atoms with Crippen LogP contribution in [0.2, 0.25) is 5.02 Å². The highest BCUT2D eigenvalue weighted by Crippen LogP contribution is 2.29. The number of nitrogens with two attached hydrogens (primary N) is 1. The zero-order chi connectivity index (χ0) is 38.4. The lowest BCUT2D eigenvalue weighted by atomic mass is 9.90. The summed E-state index contributed by atoms with van der Waals surface area (Å²) in [5.41, 5.74) is 6.99. The first-order valence-corrected chi connectivity index (χ1v) is 18.8. The van der Waals surface area contributed by atoms with Gasteiger partial charge in [-0.2, -0.15) is 0 Å². The summed E-state index contributed by atoms with van der Waals surface area (Å²) in [6, 6.07) is 5.57. The third-order valence-corrected chi connectivity index (χ3v) is 10.7. The third-order valence-electron chi connectivity index (χ3n) is 10.4. The summed E-state index contributed by atoms with van der Waals surface area (Å²) in [4.78, 5) is 60.0. The number of amides is 4. The molecule has 290 valence electrons. The predicted octanol–water partition coefficient (Wildman–Crippen LogP) is 3.34. The van der Waals surface area contributed by atoms with E-state index in [1.54, 1.807) is 26.2 Å². The number of ether oxygens (including phenoxy) is 2. The first kappa shape index (κ1) is 44.4. The molecule has 1 saturated heterocycles. The fourth-order valence-electron chi connectivity index (χ4n) is 7.51. The van der Waals surface area contributed by atoms with Gasteiger partial charge >= 0.3 is 0 Å². The Hall–Kier alpha value is -2.77.